The van der Waals surface area contributed by atoms with Crippen molar-refractivity contribution in [3.63, 3.8) is 0 Å². The van der Waals surface area contributed by atoms with E-state index in [0.717, 1.165) is 6.07 Å². The summed E-state index contributed by atoms with van der Waals surface area (Å²) in [7, 11) is 4.64. The summed E-state index contributed by atoms with van der Waals surface area (Å²) in [5, 5.41) is 6.73. The van der Waals surface area contributed by atoms with Crippen LogP contribution in [-0.4, -0.2) is 44.4 Å². The summed E-state index contributed by atoms with van der Waals surface area (Å²) in [5.74, 6) is -1.39. The van der Waals surface area contributed by atoms with Crippen molar-refractivity contribution >= 4 is 22.6 Å². The van der Waals surface area contributed by atoms with Gasteiger partial charge in [0.25, 0.3) is 11.8 Å². The Bertz CT molecular complexity index is 2130. The number of nitrogens with zero attached hydrogens (tertiary/aromatic N) is 5. The smallest absolute Gasteiger partial charge is 0.261 e. The summed E-state index contributed by atoms with van der Waals surface area (Å²) in [6.07, 6.45) is 7.64. The summed E-state index contributed by atoms with van der Waals surface area (Å²) in [6, 6.07) is 12.3. The molecule has 0 saturated heterocycles. The Morgan fingerprint density at radius 1 is 0.911 bits per heavy atom. The maximum Gasteiger partial charge on any atom is 0.261 e. The van der Waals surface area contributed by atoms with E-state index in [-0.39, 0.29) is 34.2 Å². The first-order valence-electron chi connectivity index (χ1n) is 13.4. The molecule has 0 radical (unpaired) electrons. The molecule has 11 nitrogen and oxygen atoms in total. The van der Waals surface area contributed by atoms with E-state index in [1.165, 1.54) is 69.1 Å². The number of rotatable bonds is 8. The Kier molecular flexibility index (Phi) is 7.65. The topological polar surface area (TPSA) is 122 Å². The van der Waals surface area contributed by atoms with Crippen LogP contribution in [0.4, 0.5) is 14.5 Å². The van der Waals surface area contributed by atoms with E-state index in [2.05, 4.69) is 20.4 Å². The highest BCUT2D eigenvalue weighted by molar-refractivity contribution is 6.04. The molecule has 13 heteroatoms. The number of hydrogen-bond acceptors (Lipinski definition) is 8. The fraction of sp³-hybridized carbons (Fsp3) is 0.0938. The van der Waals surface area contributed by atoms with Crippen LogP contribution in [-0.2, 0) is 7.05 Å². The third-order valence-corrected chi connectivity index (χ3v) is 6.85. The Balaban J connectivity index is 1.30. The van der Waals surface area contributed by atoms with Crippen LogP contribution in [0.3, 0.4) is 0 Å². The lowest BCUT2D eigenvalue weighted by Crippen LogP contribution is -2.24. The number of methoxy groups -OCH3 is 2. The number of benzene rings is 2. The average Bonchev–Trinajstić information content (AvgIpc) is 3.48. The maximum atomic E-state index is 15.3. The predicted molar refractivity (Wildman–Crippen MR) is 161 cm³/mol. The van der Waals surface area contributed by atoms with E-state index in [9.17, 15) is 14.0 Å². The largest absolute Gasteiger partial charge is 0.491 e. The first-order valence-corrected chi connectivity index (χ1v) is 13.4. The van der Waals surface area contributed by atoms with Crippen molar-refractivity contribution in [2.45, 2.75) is 0 Å². The van der Waals surface area contributed by atoms with E-state index in [0.29, 0.717) is 28.0 Å². The van der Waals surface area contributed by atoms with Gasteiger partial charge in [0.15, 0.2) is 23.1 Å². The number of nitrogens with one attached hydrogen (secondary N) is 1. The number of carbonyl (C=O) groups excluding carboxylic acids is 1. The van der Waals surface area contributed by atoms with Gasteiger partial charge >= 0.3 is 0 Å². The fourth-order valence-corrected chi connectivity index (χ4v) is 4.63. The van der Waals surface area contributed by atoms with Crippen molar-refractivity contribution < 1.29 is 27.8 Å². The van der Waals surface area contributed by atoms with E-state index >= 15 is 4.39 Å². The minimum atomic E-state index is -0.786. The highest BCUT2D eigenvalue weighted by Gasteiger charge is 2.19. The van der Waals surface area contributed by atoms with Crippen LogP contribution in [0.25, 0.3) is 27.8 Å². The molecule has 4 aromatic heterocycles. The summed E-state index contributed by atoms with van der Waals surface area (Å²) in [5.41, 5.74) is 1.17. The molecule has 0 atom stereocenters. The number of fused-ring (bicyclic) bond motifs is 1. The molecule has 0 bridgehead atoms. The van der Waals surface area contributed by atoms with Crippen molar-refractivity contribution in [1.82, 2.24) is 24.3 Å². The quantitative estimate of drug-likeness (QED) is 0.239. The van der Waals surface area contributed by atoms with Crippen molar-refractivity contribution in [2.24, 2.45) is 7.05 Å². The molecule has 0 aliphatic rings. The van der Waals surface area contributed by atoms with Gasteiger partial charge in [0.05, 0.1) is 31.6 Å². The molecule has 0 aliphatic carbocycles. The van der Waals surface area contributed by atoms with Crippen molar-refractivity contribution in [1.29, 1.82) is 0 Å². The van der Waals surface area contributed by atoms with E-state index in [1.807, 2.05) is 0 Å². The number of aryl methyl sites for hydroxylation is 1. The van der Waals surface area contributed by atoms with Gasteiger partial charge in [0.2, 0.25) is 5.43 Å². The normalized spacial score (nSPS) is 11.0. The average molecular weight is 611 g/mol. The number of anilines is 1. The third kappa shape index (κ3) is 5.78. The molecule has 6 aromatic rings. The third-order valence-electron chi connectivity index (χ3n) is 6.85. The zero-order valence-corrected chi connectivity index (χ0v) is 24.1. The minimum Gasteiger partial charge on any atom is -0.491 e. The van der Waals surface area contributed by atoms with E-state index in [1.54, 1.807) is 41.0 Å². The molecule has 0 saturated carbocycles. The van der Waals surface area contributed by atoms with Crippen molar-refractivity contribution in [3.8, 4) is 39.9 Å². The molecule has 0 unspecified atom stereocenters. The molecular formula is C32H24F2N6O5. The Labute approximate surface area is 254 Å². The molecule has 45 heavy (non-hydrogen) atoms. The summed E-state index contributed by atoms with van der Waals surface area (Å²) in [6.45, 7) is 0. The van der Waals surface area contributed by atoms with Crippen LogP contribution < -0.4 is 25.0 Å². The SMILES string of the molecule is COc1cc2nccc(Oc3ccc(NC(=O)c4cn(-c5cnn(C)c5)cc(-c5ccc(F)cc5)c4=O)cc3F)c2nc1OC. The van der Waals surface area contributed by atoms with Crippen LogP contribution in [0.2, 0.25) is 0 Å². The van der Waals surface area contributed by atoms with Gasteiger partial charge in [-0.2, -0.15) is 5.10 Å². The second-order valence-corrected chi connectivity index (χ2v) is 9.78. The lowest BCUT2D eigenvalue weighted by molar-refractivity contribution is 0.102. The summed E-state index contributed by atoms with van der Waals surface area (Å²) in [4.78, 5) is 35.5. The first kappa shape index (κ1) is 29.0. The first-order chi connectivity index (χ1) is 21.7. The number of halogens is 2. The number of pyridine rings is 3. The number of ether oxygens (including phenoxy) is 3. The Hall–Kier alpha value is -6.11. The lowest BCUT2D eigenvalue weighted by Gasteiger charge is -2.13. The lowest BCUT2D eigenvalue weighted by atomic mass is 10.0. The molecule has 4 heterocycles. The zero-order valence-electron chi connectivity index (χ0n) is 24.1. The van der Waals surface area contributed by atoms with Gasteiger partial charge < -0.3 is 24.1 Å². The van der Waals surface area contributed by atoms with Crippen LogP contribution in [0.15, 0.2) is 90.4 Å². The van der Waals surface area contributed by atoms with Crippen LogP contribution in [0.5, 0.6) is 23.1 Å². The van der Waals surface area contributed by atoms with Gasteiger partial charge in [0.1, 0.15) is 16.9 Å². The van der Waals surface area contributed by atoms with Gasteiger partial charge in [-0.15, -0.1) is 0 Å². The highest BCUT2D eigenvalue weighted by Crippen LogP contribution is 2.35. The maximum absolute atomic E-state index is 15.3. The van der Waals surface area contributed by atoms with Crippen LogP contribution in [0.1, 0.15) is 10.4 Å². The molecule has 0 fully saturated rings. The molecule has 226 valence electrons. The van der Waals surface area contributed by atoms with Gasteiger partial charge in [-0.3, -0.25) is 19.3 Å². The molecule has 0 aliphatic heterocycles. The van der Waals surface area contributed by atoms with Crippen LogP contribution >= 0.6 is 0 Å². The fourth-order valence-electron chi connectivity index (χ4n) is 4.63. The Morgan fingerprint density at radius 2 is 1.71 bits per heavy atom. The van der Waals surface area contributed by atoms with Gasteiger partial charge in [-0.05, 0) is 29.8 Å². The molecule has 1 N–H and O–H groups in total. The van der Waals surface area contributed by atoms with Gasteiger partial charge in [-0.1, -0.05) is 12.1 Å². The number of aromatic nitrogens is 5. The molecule has 0 spiro atoms. The zero-order chi connectivity index (χ0) is 31.7. The van der Waals surface area contributed by atoms with Crippen molar-refractivity contribution in [2.75, 3.05) is 19.5 Å². The van der Waals surface area contributed by atoms with E-state index in [4.69, 9.17) is 14.2 Å². The number of carbonyl (C=O) groups is 1. The summed E-state index contributed by atoms with van der Waals surface area (Å²) >= 11 is 0. The minimum absolute atomic E-state index is 0.0773. The monoisotopic (exact) mass is 610 g/mol. The molecular weight excluding hydrogens is 586 g/mol. The number of amides is 1. The number of hydrogen-bond donors (Lipinski definition) is 1. The second kappa shape index (κ2) is 11.9. The standard InChI is InChI=1S/C32H24F2N6O5/c1-39-15-21(14-36-39)40-16-22(18-4-6-19(33)7-5-18)30(41)23(17-40)31(42)37-20-8-9-26(24(34)12-20)45-27-10-11-35-25-13-28(43-2)32(44-3)38-29(25)27/h4-17H,1-3H3,(H,37,42). The molecule has 1 amide bonds. The Morgan fingerprint density at radius 3 is 2.40 bits per heavy atom. The van der Waals surface area contributed by atoms with Gasteiger partial charge in [0, 0.05) is 61.3 Å². The van der Waals surface area contributed by atoms with Crippen LogP contribution in [0, 0.1) is 11.6 Å². The molecule has 2 aromatic carbocycles. The second-order valence-electron chi connectivity index (χ2n) is 9.78. The summed E-state index contributed by atoms with van der Waals surface area (Å²) < 4.78 is 48.4. The van der Waals surface area contributed by atoms with Gasteiger partial charge in [-0.25, -0.2) is 13.8 Å². The molecule has 6 rings (SSSR count). The highest BCUT2D eigenvalue weighted by atomic mass is 19.1. The predicted octanol–water partition coefficient (Wildman–Crippen LogP) is 5.52. The van der Waals surface area contributed by atoms with E-state index < -0.39 is 23.0 Å². The van der Waals surface area contributed by atoms with Crippen molar-refractivity contribution in [3.05, 3.63) is 113 Å².